The van der Waals surface area contributed by atoms with Crippen LogP contribution in [-0.4, -0.2) is 72.8 Å². The van der Waals surface area contributed by atoms with E-state index in [1.807, 2.05) is 7.05 Å². The molecule has 146 valence electrons. The minimum Gasteiger partial charge on any atom is -0.379 e. The van der Waals surface area contributed by atoms with Crippen LogP contribution >= 0.6 is 0 Å². The maximum Gasteiger partial charge on any atom is 0.193 e. The summed E-state index contributed by atoms with van der Waals surface area (Å²) in [7, 11) is 6.09. The molecule has 0 atom stereocenters. The first kappa shape index (κ1) is 19.2. The van der Waals surface area contributed by atoms with Gasteiger partial charge in [-0.25, -0.2) is 0 Å². The summed E-state index contributed by atoms with van der Waals surface area (Å²) in [6, 6.07) is 4.26. The second kappa shape index (κ2) is 8.91. The van der Waals surface area contributed by atoms with Gasteiger partial charge in [0.15, 0.2) is 5.96 Å². The van der Waals surface area contributed by atoms with Crippen LogP contribution in [0.3, 0.4) is 0 Å². The van der Waals surface area contributed by atoms with Crippen LogP contribution < -0.4 is 5.32 Å². The molecule has 6 heteroatoms. The second-order valence-corrected chi connectivity index (χ2v) is 7.75. The topological polar surface area (TPSA) is 45.0 Å². The Morgan fingerprint density at radius 2 is 2.00 bits per heavy atom. The molecular weight excluding hydrogens is 326 g/mol. The lowest BCUT2D eigenvalue weighted by Gasteiger charge is -2.48. The first-order valence-corrected chi connectivity index (χ1v) is 9.99. The maximum absolute atomic E-state index is 5.59. The van der Waals surface area contributed by atoms with Crippen LogP contribution in [0.5, 0.6) is 0 Å². The van der Waals surface area contributed by atoms with E-state index in [0.29, 0.717) is 0 Å². The van der Waals surface area contributed by atoms with Gasteiger partial charge in [-0.1, -0.05) is 19.3 Å². The zero-order valence-corrected chi connectivity index (χ0v) is 16.7. The number of nitrogens with one attached hydrogen (secondary N) is 1. The largest absolute Gasteiger partial charge is 0.379 e. The van der Waals surface area contributed by atoms with Crippen molar-refractivity contribution < 1.29 is 4.74 Å². The number of aromatic nitrogens is 1. The summed E-state index contributed by atoms with van der Waals surface area (Å²) < 4.78 is 7.76. The van der Waals surface area contributed by atoms with E-state index in [9.17, 15) is 0 Å². The average Bonchev–Trinajstić information content (AvgIpc) is 3.08. The summed E-state index contributed by atoms with van der Waals surface area (Å²) >= 11 is 0. The quantitative estimate of drug-likeness (QED) is 0.644. The number of hydrogen-bond acceptors (Lipinski definition) is 3. The zero-order chi connectivity index (χ0) is 18.4. The van der Waals surface area contributed by atoms with E-state index in [0.717, 1.165) is 45.4 Å². The van der Waals surface area contributed by atoms with E-state index in [4.69, 9.17) is 4.74 Å². The molecule has 1 aromatic rings. The Hall–Kier alpha value is -1.53. The van der Waals surface area contributed by atoms with Crippen molar-refractivity contribution in [3.63, 3.8) is 0 Å². The smallest absolute Gasteiger partial charge is 0.193 e. The maximum atomic E-state index is 5.59. The van der Waals surface area contributed by atoms with Crippen LogP contribution in [0.15, 0.2) is 23.3 Å². The Morgan fingerprint density at radius 3 is 2.62 bits per heavy atom. The van der Waals surface area contributed by atoms with Gasteiger partial charge in [0.2, 0.25) is 0 Å². The highest BCUT2D eigenvalue weighted by molar-refractivity contribution is 5.79. The van der Waals surface area contributed by atoms with E-state index in [1.165, 1.54) is 37.8 Å². The van der Waals surface area contributed by atoms with Crippen molar-refractivity contribution in [3.8, 4) is 0 Å². The van der Waals surface area contributed by atoms with Crippen LogP contribution in [0, 0.1) is 0 Å². The SMILES string of the molecule is CN=C(NCC1(N2CCOCC2)CCCCC1)N(C)Cc1cccn1C. The number of aryl methyl sites for hydroxylation is 1. The molecule has 0 unspecified atom stereocenters. The minimum absolute atomic E-state index is 0.254. The Bertz CT molecular complexity index is 585. The summed E-state index contributed by atoms with van der Waals surface area (Å²) in [5.74, 6) is 0.976. The van der Waals surface area contributed by atoms with Crippen molar-refractivity contribution in [2.75, 3.05) is 46.9 Å². The summed E-state index contributed by atoms with van der Waals surface area (Å²) in [6.07, 6.45) is 8.67. The molecule has 3 rings (SSSR count). The van der Waals surface area contributed by atoms with Crippen molar-refractivity contribution in [1.82, 2.24) is 19.7 Å². The van der Waals surface area contributed by atoms with Crippen molar-refractivity contribution >= 4 is 5.96 Å². The van der Waals surface area contributed by atoms with Crippen LogP contribution in [0.25, 0.3) is 0 Å². The highest BCUT2D eigenvalue weighted by Crippen LogP contribution is 2.33. The zero-order valence-electron chi connectivity index (χ0n) is 16.7. The van der Waals surface area contributed by atoms with Crippen molar-refractivity contribution in [2.24, 2.45) is 12.0 Å². The van der Waals surface area contributed by atoms with E-state index >= 15 is 0 Å². The molecule has 26 heavy (non-hydrogen) atoms. The van der Waals surface area contributed by atoms with Gasteiger partial charge in [0.25, 0.3) is 0 Å². The molecule has 1 aromatic heterocycles. The standard InChI is InChI=1S/C20H35N5O/c1-21-19(24(3)16-18-8-7-11-23(18)2)22-17-20(9-5-4-6-10-20)25-12-14-26-15-13-25/h7-8,11H,4-6,9-10,12-17H2,1-3H3,(H,21,22). The number of morpholine rings is 1. The number of rotatable bonds is 5. The number of aliphatic imine (C=N–C) groups is 1. The molecule has 1 N–H and O–H groups in total. The van der Waals surface area contributed by atoms with Crippen molar-refractivity contribution in [3.05, 3.63) is 24.0 Å². The monoisotopic (exact) mass is 361 g/mol. The predicted molar refractivity (Wildman–Crippen MR) is 106 cm³/mol. The Morgan fingerprint density at radius 1 is 1.27 bits per heavy atom. The third kappa shape index (κ3) is 4.41. The Balaban J connectivity index is 1.63. The van der Waals surface area contributed by atoms with Crippen LogP contribution in [-0.2, 0) is 18.3 Å². The third-order valence-electron chi connectivity index (χ3n) is 6.07. The molecule has 2 aliphatic rings. The van der Waals surface area contributed by atoms with Gasteiger partial charge in [0, 0.05) is 58.2 Å². The molecule has 6 nitrogen and oxygen atoms in total. The summed E-state index contributed by atoms with van der Waals surface area (Å²) in [5, 5.41) is 3.69. The van der Waals surface area contributed by atoms with Gasteiger partial charge in [0.1, 0.15) is 0 Å². The number of nitrogens with zero attached hydrogens (tertiary/aromatic N) is 4. The first-order chi connectivity index (χ1) is 12.6. The normalized spacial score (nSPS) is 21.6. The average molecular weight is 362 g/mol. The van der Waals surface area contributed by atoms with E-state index in [-0.39, 0.29) is 5.54 Å². The van der Waals surface area contributed by atoms with Gasteiger partial charge >= 0.3 is 0 Å². The molecule has 0 bridgehead atoms. The molecule has 0 aromatic carbocycles. The molecule has 1 aliphatic heterocycles. The summed E-state index contributed by atoms with van der Waals surface area (Å²) in [6.45, 7) is 5.66. The minimum atomic E-state index is 0.254. The lowest BCUT2D eigenvalue weighted by molar-refractivity contribution is -0.0354. The van der Waals surface area contributed by atoms with E-state index < -0.39 is 0 Å². The number of ether oxygens (including phenoxy) is 1. The first-order valence-electron chi connectivity index (χ1n) is 9.99. The molecule has 1 aliphatic carbocycles. The molecule has 0 spiro atoms. The molecule has 1 saturated heterocycles. The highest BCUT2D eigenvalue weighted by atomic mass is 16.5. The molecule has 1 saturated carbocycles. The van der Waals surface area contributed by atoms with Crippen LogP contribution in [0.2, 0.25) is 0 Å². The van der Waals surface area contributed by atoms with Gasteiger partial charge in [-0.2, -0.15) is 0 Å². The van der Waals surface area contributed by atoms with Gasteiger partial charge < -0.3 is 19.5 Å². The molecule has 0 amide bonds. The highest BCUT2D eigenvalue weighted by Gasteiger charge is 2.38. The fourth-order valence-electron chi connectivity index (χ4n) is 4.46. The van der Waals surface area contributed by atoms with Crippen molar-refractivity contribution in [1.29, 1.82) is 0 Å². The number of hydrogen-bond donors (Lipinski definition) is 1. The lowest BCUT2D eigenvalue weighted by atomic mass is 9.80. The fraction of sp³-hybridized carbons (Fsp3) is 0.750. The van der Waals surface area contributed by atoms with Crippen LogP contribution in [0.1, 0.15) is 37.8 Å². The number of guanidine groups is 1. The van der Waals surface area contributed by atoms with E-state index in [1.54, 1.807) is 0 Å². The third-order valence-corrected chi connectivity index (χ3v) is 6.07. The predicted octanol–water partition coefficient (Wildman–Crippen LogP) is 2.07. The van der Waals surface area contributed by atoms with Gasteiger partial charge in [-0.05, 0) is 25.0 Å². The molecule has 2 heterocycles. The van der Waals surface area contributed by atoms with Gasteiger partial charge in [0.05, 0.1) is 19.8 Å². The molecule has 2 fully saturated rings. The van der Waals surface area contributed by atoms with Crippen LogP contribution in [0.4, 0.5) is 0 Å². The Kier molecular flexibility index (Phi) is 6.59. The lowest BCUT2D eigenvalue weighted by Crippen LogP contribution is -2.60. The van der Waals surface area contributed by atoms with Gasteiger partial charge in [-0.15, -0.1) is 0 Å². The van der Waals surface area contributed by atoms with E-state index in [2.05, 4.69) is 57.1 Å². The second-order valence-electron chi connectivity index (χ2n) is 7.75. The molecule has 0 radical (unpaired) electrons. The van der Waals surface area contributed by atoms with Gasteiger partial charge in [-0.3, -0.25) is 9.89 Å². The summed E-state index contributed by atoms with van der Waals surface area (Å²) in [5.41, 5.74) is 1.54. The Labute approximate surface area is 158 Å². The fourth-order valence-corrected chi connectivity index (χ4v) is 4.46. The summed E-state index contributed by atoms with van der Waals surface area (Å²) in [4.78, 5) is 9.43. The molecular formula is C20H35N5O. The van der Waals surface area contributed by atoms with Crippen molar-refractivity contribution in [2.45, 2.75) is 44.2 Å².